The van der Waals surface area contributed by atoms with Crippen LogP contribution in [0.2, 0.25) is 0 Å². The van der Waals surface area contributed by atoms with Crippen LogP contribution < -0.4 is 0 Å². The van der Waals surface area contributed by atoms with E-state index < -0.39 is 11.9 Å². The first kappa shape index (κ1) is 27.6. The molecule has 1 heterocycles. The van der Waals surface area contributed by atoms with Gasteiger partial charge in [0.05, 0.1) is 6.10 Å². The molecule has 37 heavy (non-hydrogen) atoms. The lowest BCUT2D eigenvalue weighted by atomic mass is 9.42. The average Bonchev–Trinajstić information content (AvgIpc) is 3.44. The van der Waals surface area contributed by atoms with Crippen LogP contribution in [0.4, 0.5) is 13.2 Å². The summed E-state index contributed by atoms with van der Waals surface area (Å²) in [5, 5.41) is 10.6. The van der Waals surface area contributed by atoms with Crippen LogP contribution in [0.15, 0.2) is 16.5 Å². The standard InChI is InChI=1S/C32H49F3O2/c1-19(2)7-6-8-20(3)24-9-10-25-22-18-23(28-11-12-29(37-28)32(33,34)35)27-17-21(36)13-15-31(27,5)26(22)14-16-30(24,25)4/h11-12,19-27,36H,6-10,13-18H2,1-5H3/t20-,21+,22+,23+,24-,25+,26+,27-,30-,31-/m1/s1. The van der Waals surface area contributed by atoms with E-state index in [9.17, 15) is 18.3 Å². The molecule has 210 valence electrons. The SMILES string of the molecule is CC(C)CCC[C@@H](C)[C@H]1CC[C@H]2[C@@H]3C[C@H](c4ccc(C(F)(F)F)o4)[C@H]4C[C@@H](O)CC[C@]4(C)[C@H]3CC[C@]12C. The van der Waals surface area contributed by atoms with Gasteiger partial charge in [-0.2, -0.15) is 13.2 Å². The van der Waals surface area contributed by atoms with Crippen molar-refractivity contribution in [2.75, 3.05) is 0 Å². The van der Waals surface area contributed by atoms with Gasteiger partial charge in [-0.1, -0.05) is 53.9 Å². The zero-order chi connectivity index (χ0) is 26.8. The first-order chi connectivity index (χ1) is 17.3. The van der Waals surface area contributed by atoms with Gasteiger partial charge in [0.1, 0.15) is 5.76 Å². The number of hydrogen-bond acceptors (Lipinski definition) is 2. The zero-order valence-electron chi connectivity index (χ0n) is 23.6. The summed E-state index contributed by atoms with van der Waals surface area (Å²) >= 11 is 0. The van der Waals surface area contributed by atoms with E-state index in [1.54, 1.807) is 6.07 Å². The minimum atomic E-state index is -4.46. The van der Waals surface area contributed by atoms with Crippen molar-refractivity contribution in [3.63, 3.8) is 0 Å². The van der Waals surface area contributed by atoms with E-state index in [0.29, 0.717) is 35.3 Å². The normalized spacial score (nSPS) is 42.8. The average molecular weight is 523 g/mol. The molecule has 4 aliphatic carbocycles. The number of halogens is 3. The molecule has 0 unspecified atom stereocenters. The number of fused-ring (bicyclic) bond motifs is 5. The second-order valence-corrected chi connectivity index (χ2v) is 14.5. The van der Waals surface area contributed by atoms with Gasteiger partial charge in [-0.05, 0) is 116 Å². The Morgan fingerprint density at radius 3 is 2.30 bits per heavy atom. The number of aliphatic hydroxyl groups is 1. The molecule has 4 saturated carbocycles. The quantitative estimate of drug-likeness (QED) is 0.404. The fraction of sp³-hybridized carbons (Fsp3) is 0.875. The second-order valence-electron chi connectivity index (χ2n) is 14.5. The molecule has 2 nitrogen and oxygen atoms in total. The molecule has 5 rings (SSSR count). The van der Waals surface area contributed by atoms with Gasteiger partial charge in [-0.15, -0.1) is 0 Å². The van der Waals surface area contributed by atoms with Gasteiger partial charge in [0.15, 0.2) is 0 Å². The van der Waals surface area contributed by atoms with Crippen molar-refractivity contribution in [3.8, 4) is 0 Å². The van der Waals surface area contributed by atoms with Gasteiger partial charge in [-0.3, -0.25) is 0 Å². The summed E-state index contributed by atoms with van der Waals surface area (Å²) in [6, 6.07) is 2.71. The van der Waals surface area contributed by atoms with Gasteiger partial charge in [0, 0.05) is 5.92 Å². The predicted molar refractivity (Wildman–Crippen MR) is 141 cm³/mol. The topological polar surface area (TPSA) is 33.4 Å². The molecule has 0 aromatic carbocycles. The van der Waals surface area contributed by atoms with Crippen LogP contribution in [0.3, 0.4) is 0 Å². The fourth-order valence-corrected chi connectivity index (χ4v) is 10.4. The Morgan fingerprint density at radius 1 is 0.919 bits per heavy atom. The molecule has 0 spiro atoms. The van der Waals surface area contributed by atoms with Gasteiger partial charge >= 0.3 is 6.18 Å². The first-order valence-electron chi connectivity index (χ1n) is 15.2. The van der Waals surface area contributed by atoms with E-state index >= 15 is 0 Å². The minimum Gasteiger partial charge on any atom is -0.456 e. The largest absolute Gasteiger partial charge is 0.456 e. The van der Waals surface area contributed by atoms with E-state index in [-0.39, 0.29) is 23.4 Å². The summed E-state index contributed by atoms with van der Waals surface area (Å²) in [5.41, 5.74) is 0.390. The lowest BCUT2D eigenvalue weighted by Gasteiger charge is -2.63. The summed E-state index contributed by atoms with van der Waals surface area (Å²) in [6.07, 6.45) is 7.57. The molecule has 0 radical (unpaired) electrons. The van der Waals surface area contributed by atoms with Crippen LogP contribution in [0, 0.1) is 52.3 Å². The van der Waals surface area contributed by atoms with E-state index in [2.05, 4.69) is 34.6 Å². The summed E-state index contributed by atoms with van der Waals surface area (Å²) in [4.78, 5) is 0. The Hall–Kier alpha value is -0.970. The van der Waals surface area contributed by atoms with E-state index in [4.69, 9.17) is 4.42 Å². The lowest BCUT2D eigenvalue weighted by Crippen LogP contribution is -2.56. The third kappa shape index (κ3) is 4.82. The Kier molecular flexibility index (Phi) is 7.38. The molecule has 5 heteroatoms. The van der Waals surface area contributed by atoms with Crippen LogP contribution in [0.5, 0.6) is 0 Å². The van der Waals surface area contributed by atoms with Gasteiger partial charge < -0.3 is 9.52 Å². The summed E-state index contributed by atoms with van der Waals surface area (Å²) in [6.45, 7) is 12.1. The molecule has 4 fully saturated rings. The Bertz CT molecular complexity index is 937. The molecular formula is C32H49F3O2. The second kappa shape index (κ2) is 9.89. The highest BCUT2D eigenvalue weighted by molar-refractivity contribution is 5.21. The molecular weight excluding hydrogens is 473 g/mol. The Balaban J connectivity index is 1.43. The third-order valence-electron chi connectivity index (χ3n) is 12.2. The van der Waals surface area contributed by atoms with Crippen LogP contribution in [-0.2, 0) is 6.18 Å². The number of hydrogen-bond donors (Lipinski definition) is 1. The van der Waals surface area contributed by atoms with E-state index in [0.717, 1.165) is 43.1 Å². The molecule has 4 aliphatic rings. The van der Waals surface area contributed by atoms with Crippen LogP contribution in [0.1, 0.15) is 123 Å². The Morgan fingerprint density at radius 2 is 1.62 bits per heavy atom. The van der Waals surface area contributed by atoms with Gasteiger partial charge in [0.25, 0.3) is 0 Å². The van der Waals surface area contributed by atoms with Crippen LogP contribution in [0.25, 0.3) is 0 Å². The van der Waals surface area contributed by atoms with Crippen molar-refractivity contribution in [1.82, 2.24) is 0 Å². The highest BCUT2D eigenvalue weighted by Crippen LogP contribution is 2.70. The summed E-state index contributed by atoms with van der Waals surface area (Å²) in [7, 11) is 0. The van der Waals surface area contributed by atoms with Gasteiger partial charge in [0.2, 0.25) is 5.76 Å². The molecule has 1 N–H and O–H groups in total. The molecule has 1 aromatic rings. The van der Waals surface area contributed by atoms with Crippen molar-refractivity contribution in [1.29, 1.82) is 0 Å². The Labute approximate surface area is 222 Å². The molecule has 0 amide bonds. The van der Waals surface area contributed by atoms with Crippen LogP contribution >= 0.6 is 0 Å². The maximum Gasteiger partial charge on any atom is 0.449 e. The molecule has 0 saturated heterocycles. The van der Waals surface area contributed by atoms with E-state index in [1.807, 2.05) is 0 Å². The highest BCUT2D eigenvalue weighted by atomic mass is 19.4. The smallest absolute Gasteiger partial charge is 0.449 e. The summed E-state index contributed by atoms with van der Waals surface area (Å²) < 4.78 is 45.9. The monoisotopic (exact) mass is 522 g/mol. The summed E-state index contributed by atoms with van der Waals surface area (Å²) in [5.74, 6) is 3.79. The number of aliphatic hydroxyl groups excluding tert-OH is 1. The van der Waals surface area contributed by atoms with Crippen molar-refractivity contribution < 1.29 is 22.7 Å². The highest BCUT2D eigenvalue weighted by Gasteiger charge is 2.63. The first-order valence-corrected chi connectivity index (χ1v) is 15.2. The maximum absolute atomic E-state index is 13.5. The molecule has 0 bridgehead atoms. The minimum absolute atomic E-state index is 0.0397. The molecule has 10 atom stereocenters. The molecule has 1 aromatic heterocycles. The number of rotatable bonds is 6. The van der Waals surface area contributed by atoms with Crippen molar-refractivity contribution in [2.24, 2.45) is 52.3 Å². The van der Waals surface area contributed by atoms with Crippen molar-refractivity contribution >= 4 is 0 Å². The van der Waals surface area contributed by atoms with E-state index in [1.165, 1.54) is 44.9 Å². The van der Waals surface area contributed by atoms with Gasteiger partial charge in [-0.25, -0.2) is 0 Å². The predicted octanol–water partition coefficient (Wildman–Crippen LogP) is 9.47. The molecule has 0 aliphatic heterocycles. The lowest BCUT2D eigenvalue weighted by molar-refractivity contribution is -0.156. The van der Waals surface area contributed by atoms with Crippen molar-refractivity contribution in [3.05, 3.63) is 23.7 Å². The van der Waals surface area contributed by atoms with Crippen molar-refractivity contribution in [2.45, 2.75) is 123 Å². The maximum atomic E-state index is 13.5. The fourth-order valence-electron chi connectivity index (χ4n) is 10.4. The zero-order valence-corrected chi connectivity index (χ0v) is 23.6. The number of furan rings is 1. The van der Waals surface area contributed by atoms with Crippen LogP contribution in [-0.4, -0.2) is 11.2 Å². The third-order valence-corrected chi connectivity index (χ3v) is 12.2. The number of alkyl halides is 3.